The third-order valence-electron chi connectivity index (χ3n) is 2.12. The Bertz CT molecular complexity index is 295. The Morgan fingerprint density at radius 2 is 1.85 bits per heavy atom. The van der Waals surface area contributed by atoms with E-state index in [4.69, 9.17) is 0 Å². The number of rotatable bonds is 2. The molecule has 0 fully saturated rings. The van der Waals surface area contributed by atoms with Gasteiger partial charge in [0.05, 0.1) is 0 Å². The van der Waals surface area contributed by atoms with Crippen molar-refractivity contribution in [2.24, 2.45) is 0 Å². The maximum absolute atomic E-state index is 12.4. The van der Waals surface area contributed by atoms with E-state index < -0.39 is 12.0 Å². The molecule has 1 rings (SSSR count). The second-order valence-corrected chi connectivity index (χ2v) is 3.26. The lowest BCUT2D eigenvalue weighted by Gasteiger charge is -2.24. The molecule has 1 nitrogen and oxygen atoms in total. The van der Waals surface area contributed by atoms with Crippen LogP contribution in [0.1, 0.15) is 18.1 Å². The van der Waals surface area contributed by atoms with E-state index in [1.54, 1.807) is 25.1 Å². The zero-order valence-corrected chi connectivity index (χ0v) is 7.59. The van der Waals surface area contributed by atoms with Crippen molar-refractivity contribution < 1.29 is 13.9 Å². The van der Waals surface area contributed by atoms with Crippen LogP contribution in [0.25, 0.3) is 0 Å². The van der Waals surface area contributed by atoms with E-state index in [2.05, 4.69) is 0 Å². The summed E-state index contributed by atoms with van der Waals surface area (Å²) in [6.45, 7) is 2.83. The molecule has 0 aliphatic heterocycles. The van der Waals surface area contributed by atoms with Crippen LogP contribution < -0.4 is 0 Å². The number of hydrogen-bond donors (Lipinski definition) is 1. The van der Waals surface area contributed by atoms with Crippen LogP contribution in [0, 0.1) is 6.92 Å². The predicted molar refractivity (Wildman–Crippen MR) is 46.8 cm³/mol. The molecule has 0 radical (unpaired) electrons. The molecule has 3 heteroatoms. The first-order valence-corrected chi connectivity index (χ1v) is 4.03. The van der Waals surface area contributed by atoms with Crippen LogP contribution in [0.15, 0.2) is 24.3 Å². The van der Waals surface area contributed by atoms with Crippen LogP contribution in [0.3, 0.4) is 0 Å². The van der Waals surface area contributed by atoms with Crippen LogP contribution in [-0.4, -0.2) is 11.5 Å². The Labute approximate surface area is 76.0 Å². The minimum absolute atomic E-state index is 0.282. The Morgan fingerprint density at radius 1 is 1.31 bits per heavy atom. The molecule has 0 aliphatic carbocycles. The molecule has 13 heavy (non-hydrogen) atoms. The molecule has 1 atom stereocenters. The van der Waals surface area contributed by atoms with E-state index in [-0.39, 0.29) is 5.56 Å². The maximum Gasteiger partial charge on any atom is 0.270 e. The zero-order valence-electron chi connectivity index (χ0n) is 7.59. The van der Waals surface area contributed by atoms with Gasteiger partial charge in [-0.3, -0.25) is 0 Å². The highest BCUT2D eigenvalue weighted by Gasteiger charge is 2.35. The molecule has 0 aliphatic rings. The molecule has 0 aromatic heterocycles. The topological polar surface area (TPSA) is 20.2 Å². The molecule has 0 bridgehead atoms. The van der Waals surface area contributed by atoms with Gasteiger partial charge in [-0.05, 0) is 25.0 Å². The van der Waals surface area contributed by atoms with Gasteiger partial charge in [-0.2, -0.15) is 0 Å². The highest BCUT2D eigenvalue weighted by molar-refractivity contribution is 5.31. The fourth-order valence-corrected chi connectivity index (χ4v) is 1.26. The average Bonchev–Trinajstić information content (AvgIpc) is 2.04. The highest BCUT2D eigenvalue weighted by Crippen LogP contribution is 2.29. The third-order valence-corrected chi connectivity index (χ3v) is 2.12. The second kappa shape index (κ2) is 3.42. The lowest BCUT2D eigenvalue weighted by Crippen LogP contribution is -2.31. The van der Waals surface area contributed by atoms with Crippen molar-refractivity contribution in [2.75, 3.05) is 0 Å². The number of halogens is 2. The minimum atomic E-state index is -2.77. The fourth-order valence-electron chi connectivity index (χ4n) is 1.26. The van der Waals surface area contributed by atoms with Crippen molar-refractivity contribution in [1.29, 1.82) is 0 Å². The molecule has 72 valence electrons. The number of aliphatic hydroxyl groups is 1. The molecular weight excluding hydrogens is 174 g/mol. The summed E-state index contributed by atoms with van der Waals surface area (Å²) in [6, 6.07) is 6.60. The number of benzene rings is 1. The van der Waals surface area contributed by atoms with Gasteiger partial charge in [0.15, 0.2) is 0 Å². The summed E-state index contributed by atoms with van der Waals surface area (Å²) in [5.41, 5.74) is -1.09. The van der Waals surface area contributed by atoms with Gasteiger partial charge in [0.25, 0.3) is 6.43 Å². The molecule has 1 unspecified atom stereocenters. The third kappa shape index (κ3) is 1.86. The number of hydrogen-bond acceptors (Lipinski definition) is 1. The number of aryl methyl sites for hydroxylation is 1. The van der Waals surface area contributed by atoms with Gasteiger partial charge in [0.2, 0.25) is 0 Å². The normalized spacial score (nSPS) is 15.8. The molecule has 0 heterocycles. The van der Waals surface area contributed by atoms with Gasteiger partial charge < -0.3 is 5.11 Å². The fraction of sp³-hybridized carbons (Fsp3) is 0.400. The monoisotopic (exact) mass is 186 g/mol. The van der Waals surface area contributed by atoms with Gasteiger partial charge in [0, 0.05) is 0 Å². The lowest BCUT2D eigenvalue weighted by molar-refractivity contribution is -0.0886. The Morgan fingerprint density at radius 3 is 2.31 bits per heavy atom. The van der Waals surface area contributed by atoms with Gasteiger partial charge in [-0.25, -0.2) is 8.78 Å². The molecular formula is C10H12F2O. The second-order valence-electron chi connectivity index (χ2n) is 3.26. The van der Waals surface area contributed by atoms with Crippen LogP contribution in [0.4, 0.5) is 8.78 Å². The maximum atomic E-state index is 12.4. The van der Waals surface area contributed by atoms with E-state index in [0.29, 0.717) is 5.56 Å². The summed E-state index contributed by atoms with van der Waals surface area (Å²) in [5, 5.41) is 9.49. The quantitative estimate of drug-likeness (QED) is 0.752. The molecule has 0 spiro atoms. The van der Waals surface area contributed by atoms with Crippen molar-refractivity contribution in [2.45, 2.75) is 25.9 Å². The highest BCUT2D eigenvalue weighted by atomic mass is 19.3. The average molecular weight is 186 g/mol. The zero-order chi connectivity index (χ0) is 10.1. The van der Waals surface area contributed by atoms with E-state index in [1.807, 2.05) is 0 Å². The summed E-state index contributed by atoms with van der Waals surface area (Å²) < 4.78 is 24.9. The summed E-state index contributed by atoms with van der Waals surface area (Å²) in [4.78, 5) is 0. The van der Waals surface area contributed by atoms with Gasteiger partial charge in [0.1, 0.15) is 5.60 Å². The minimum Gasteiger partial charge on any atom is -0.379 e. The van der Waals surface area contributed by atoms with E-state index in [9.17, 15) is 13.9 Å². The SMILES string of the molecule is Cc1ccccc1C(C)(O)C(F)F. The van der Waals surface area contributed by atoms with Crippen LogP contribution in [-0.2, 0) is 5.60 Å². The molecule has 1 aromatic carbocycles. The van der Waals surface area contributed by atoms with Crippen molar-refractivity contribution in [3.8, 4) is 0 Å². The molecule has 0 amide bonds. The van der Waals surface area contributed by atoms with Crippen molar-refractivity contribution in [1.82, 2.24) is 0 Å². The van der Waals surface area contributed by atoms with Crippen LogP contribution >= 0.6 is 0 Å². The largest absolute Gasteiger partial charge is 0.379 e. The molecule has 0 saturated heterocycles. The first kappa shape index (κ1) is 10.1. The molecule has 0 saturated carbocycles. The van der Waals surface area contributed by atoms with Gasteiger partial charge in [-0.1, -0.05) is 24.3 Å². The van der Waals surface area contributed by atoms with E-state index >= 15 is 0 Å². The number of alkyl halides is 2. The molecule has 1 N–H and O–H groups in total. The van der Waals surface area contributed by atoms with Gasteiger partial charge >= 0.3 is 0 Å². The predicted octanol–water partition coefficient (Wildman–Crippen LogP) is 2.47. The standard InChI is InChI=1S/C10H12F2O/c1-7-5-3-4-6-8(7)10(2,13)9(11)12/h3-6,9,13H,1-2H3. The summed E-state index contributed by atoms with van der Waals surface area (Å²) in [5.74, 6) is 0. The van der Waals surface area contributed by atoms with Crippen molar-refractivity contribution in [3.05, 3.63) is 35.4 Å². The van der Waals surface area contributed by atoms with Gasteiger partial charge in [-0.15, -0.1) is 0 Å². The first-order chi connectivity index (χ1) is 5.96. The van der Waals surface area contributed by atoms with E-state index in [1.165, 1.54) is 6.07 Å². The summed E-state index contributed by atoms with van der Waals surface area (Å²) in [6.07, 6.45) is -2.77. The van der Waals surface area contributed by atoms with Crippen molar-refractivity contribution in [3.63, 3.8) is 0 Å². The van der Waals surface area contributed by atoms with Crippen molar-refractivity contribution >= 4 is 0 Å². The first-order valence-electron chi connectivity index (χ1n) is 4.03. The Hall–Kier alpha value is -0.960. The van der Waals surface area contributed by atoms with Crippen LogP contribution in [0.5, 0.6) is 0 Å². The summed E-state index contributed by atoms with van der Waals surface area (Å²) in [7, 11) is 0. The lowest BCUT2D eigenvalue weighted by atomic mass is 9.92. The smallest absolute Gasteiger partial charge is 0.270 e. The Balaban J connectivity index is 3.14. The summed E-state index contributed by atoms with van der Waals surface area (Å²) >= 11 is 0. The van der Waals surface area contributed by atoms with E-state index in [0.717, 1.165) is 6.92 Å². The Kier molecular flexibility index (Phi) is 2.66. The van der Waals surface area contributed by atoms with Crippen LogP contribution in [0.2, 0.25) is 0 Å². The molecule has 1 aromatic rings.